The van der Waals surface area contributed by atoms with Gasteiger partial charge in [-0.15, -0.1) is 0 Å². The molecule has 0 aromatic heterocycles. The number of likely N-dealkylation sites (tertiary alicyclic amines) is 1. The van der Waals surface area contributed by atoms with E-state index in [1.807, 2.05) is 0 Å². The predicted octanol–water partition coefficient (Wildman–Crippen LogP) is -0.595. The van der Waals surface area contributed by atoms with Crippen LogP contribution in [0.2, 0.25) is 0 Å². The highest BCUT2D eigenvalue weighted by atomic mass is 28.1. The van der Waals surface area contributed by atoms with Crippen molar-refractivity contribution in [2.45, 2.75) is 12.8 Å². The Morgan fingerprint density at radius 1 is 1.29 bits per heavy atom. The molecule has 1 heterocycles. The van der Waals surface area contributed by atoms with Gasteiger partial charge < -0.3 is 4.90 Å². The van der Waals surface area contributed by atoms with E-state index in [0.717, 1.165) is 0 Å². The third kappa shape index (κ3) is 1.28. The van der Waals surface area contributed by atoms with Gasteiger partial charge in [0, 0.05) is 10.2 Å². The van der Waals surface area contributed by atoms with Crippen molar-refractivity contribution in [2.75, 3.05) is 19.3 Å². The van der Waals surface area contributed by atoms with Crippen molar-refractivity contribution in [1.82, 2.24) is 4.90 Å². The molecule has 0 spiro atoms. The van der Waals surface area contributed by atoms with E-state index in [1.54, 1.807) is 0 Å². The number of rotatable bonds is 1. The van der Waals surface area contributed by atoms with Crippen LogP contribution < -0.4 is 0 Å². The van der Waals surface area contributed by atoms with Gasteiger partial charge in [0.05, 0.1) is 0 Å². The molecule has 0 atom stereocenters. The minimum atomic E-state index is 1.36. The van der Waals surface area contributed by atoms with Gasteiger partial charge in [-0.05, 0) is 32.1 Å². The van der Waals surface area contributed by atoms with E-state index in [4.69, 9.17) is 0 Å². The zero-order chi connectivity index (χ0) is 5.11. The van der Waals surface area contributed by atoms with Gasteiger partial charge in [-0.1, -0.05) is 0 Å². The fourth-order valence-corrected chi connectivity index (χ4v) is 1.73. The van der Waals surface area contributed by atoms with Gasteiger partial charge in [-0.2, -0.15) is 0 Å². The minimum Gasteiger partial charge on any atom is -0.307 e. The largest absolute Gasteiger partial charge is 0.307 e. The van der Waals surface area contributed by atoms with Crippen LogP contribution in [0.3, 0.4) is 0 Å². The van der Waals surface area contributed by atoms with Gasteiger partial charge in [0.1, 0.15) is 0 Å². The molecule has 1 saturated heterocycles. The summed E-state index contributed by atoms with van der Waals surface area (Å²) < 4.78 is 0. The monoisotopic (exact) mass is 115 g/mol. The summed E-state index contributed by atoms with van der Waals surface area (Å²) in [5.41, 5.74) is 0. The Hall–Kier alpha value is 0.177. The summed E-state index contributed by atoms with van der Waals surface area (Å²) in [4.78, 5) is 2.55. The molecule has 7 heavy (non-hydrogen) atoms. The van der Waals surface area contributed by atoms with Crippen LogP contribution in [0.5, 0.6) is 0 Å². The van der Waals surface area contributed by atoms with Crippen molar-refractivity contribution in [3.05, 3.63) is 0 Å². The van der Waals surface area contributed by atoms with E-state index in [9.17, 15) is 0 Å². The molecule has 0 aliphatic carbocycles. The molecular formula is C5H13NSi. The lowest BCUT2D eigenvalue weighted by molar-refractivity contribution is 0.397. The molecule has 1 nitrogen and oxygen atoms in total. The van der Waals surface area contributed by atoms with Gasteiger partial charge in [0.2, 0.25) is 0 Å². The standard InChI is InChI=1S/C5H13NSi/c7-5-6-3-1-2-4-6/h1-5H2,7H3. The number of hydrogen-bond donors (Lipinski definition) is 0. The topological polar surface area (TPSA) is 3.24 Å². The molecule has 1 aliphatic rings. The van der Waals surface area contributed by atoms with E-state index in [2.05, 4.69) is 4.90 Å². The second-order valence-electron chi connectivity index (χ2n) is 2.14. The molecule has 0 amide bonds. The average Bonchev–Trinajstić information content (AvgIpc) is 2.14. The van der Waals surface area contributed by atoms with Crippen LogP contribution in [-0.4, -0.2) is 34.4 Å². The van der Waals surface area contributed by atoms with Gasteiger partial charge in [-0.25, -0.2) is 0 Å². The van der Waals surface area contributed by atoms with Crippen LogP contribution in [0.25, 0.3) is 0 Å². The second kappa shape index (κ2) is 2.48. The van der Waals surface area contributed by atoms with Crippen LogP contribution >= 0.6 is 0 Å². The normalized spacial score (nSPS) is 24.0. The fourth-order valence-electron chi connectivity index (χ4n) is 1.10. The first kappa shape index (κ1) is 5.32. The maximum atomic E-state index is 2.55. The summed E-state index contributed by atoms with van der Waals surface area (Å²) in [5, 5.41) is 0. The molecule has 1 aliphatic heterocycles. The Bertz CT molecular complexity index is 50.0. The fraction of sp³-hybridized carbons (Fsp3) is 1.00. The molecule has 0 bridgehead atoms. The van der Waals surface area contributed by atoms with Crippen LogP contribution in [0, 0.1) is 0 Å². The van der Waals surface area contributed by atoms with Crippen molar-refractivity contribution in [3.63, 3.8) is 0 Å². The Labute approximate surface area is 48.1 Å². The molecule has 0 radical (unpaired) electrons. The summed E-state index contributed by atoms with van der Waals surface area (Å²) in [5.74, 6) is 0. The zero-order valence-corrected chi connectivity index (χ0v) is 6.98. The van der Waals surface area contributed by atoms with Gasteiger partial charge in [0.25, 0.3) is 0 Å². The Morgan fingerprint density at radius 3 is 2.14 bits per heavy atom. The van der Waals surface area contributed by atoms with Crippen LogP contribution in [0.4, 0.5) is 0 Å². The van der Waals surface area contributed by atoms with E-state index >= 15 is 0 Å². The van der Waals surface area contributed by atoms with Crippen LogP contribution in [-0.2, 0) is 0 Å². The smallest absolute Gasteiger partial charge is 0.0205 e. The van der Waals surface area contributed by atoms with E-state index in [-0.39, 0.29) is 0 Å². The Morgan fingerprint density at radius 2 is 1.86 bits per heavy atom. The highest BCUT2D eigenvalue weighted by molar-refractivity contribution is 6.08. The first-order valence-electron chi connectivity index (χ1n) is 3.16. The van der Waals surface area contributed by atoms with Gasteiger partial charge in [-0.3, -0.25) is 0 Å². The van der Waals surface area contributed by atoms with Crippen molar-refractivity contribution in [2.24, 2.45) is 0 Å². The lowest BCUT2D eigenvalue weighted by atomic mass is 10.4. The average molecular weight is 115 g/mol. The third-order valence-corrected chi connectivity index (χ3v) is 2.54. The summed E-state index contributed by atoms with van der Waals surface area (Å²) in [6.07, 6.45) is 4.28. The highest BCUT2D eigenvalue weighted by Gasteiger charge is 2.06. The third-order valence-electron chi connectivity index (χ3n) is 1.65. The first-order chi connectivity index (χ1) is 3.43. The van der Waals surface area contributed by atoms with Crippen molar-refractivity contribution >= 4 is 10.2 Å². The van der Waals surface area contributed by atoms with Crippen molar-refractivity contribution in [1.29, 1.82) is 0 Å². The lowest BCUT2D eigenvalue weighted by Gasteiger charge is -2.08. The number of hydrogen-bond acceptors (Lipinski definition) is 1. The molecule has 2 heteroatoms. The quantitative estimate of drug-likeness (QED) is 0.413. The molecule has 0 saturated carbocycles. The van der Waals surface area contributed by atoms with E-state index < -0.39 is 0 Å². The van der Waals surface area contributed by atoms with Crippen LogP contribution in [0.1, 0.15) is 12.8 Å². The summed E-state index contributed by atoms with van der Waals surface area (Å²) >= 11 is 0. The maximum Gasteiger partial charge on any atom is 0.0205 e. The summed E-state index contributed by atoms with van der Waals surface area (Å²) in [6.45, 7) is 2.76. The summed E-state index contributed by atoms with van der Waals surface area (Å²) in [6, 6.07) is 0. The molecule has 0 aromatic carbocycles. The van der Waals surface area contributed by atoms with Crippen LogP contribution in [0.15, 0.2) is 0 Å². The molecular weight excluding hydrogens is 102 g/mol. The molecule has 0 aromatic rings. The Kier molecular flexibility index (Phi) is 1.88. The minimum absolute atomic E-state index is 1.36. The maximum absolute atomic E-state index is 2.55. The second-order valence-corrected chi connectivity index (χ2v) is 2.77. The van der Waals surface area contributed by atoms with Crippen molar-refractivity contribution < 1.29 is 0 Å². The first-order valence-corrected chi connectivity index (χ1v) is 4.57. The SMILES string of the molecule is [SiH3]CN1CCCC1. The molecule has 0 unspecified atom stereocenters. The Balaban J connectivity index is 2.14. The number of nitrogens with zero attached hydrogens (tertiary/aromatic N) is 1. The summed E-state index contributed by atoms with van der Waals surface area (Å²) in [7, 11) is 1.36. The molecule has 0 N–H and O–H groups in total. The van der Waals surface area contributed by atoms with Crippen molar-refractivity contribution in [3.8, 4) is 0 Å². The zero-order valence-electron chi connectivity index (χ0n) is 4.98. The predicted molar refractivity (Wildman–Crippen MR) is 35.6 cm³/mol. The van der Waals surface area contributed by atoms with E-state index in [0.29, 0.717) is 0 Å². The highest BCUT2D eigenvalue weighted by Crippen LogP contribution is 2.04. The lowest BCUT2D eigenvalue weighted by Crippen LogP contribution is -2.19. The van der Waals surface area contributed by atoms with Gasteiger partial charge in [0.15, 0.2) is 0 Å². The molecule has 42 valence electrons. The van der Waals surface area contributed by atoms with Gasteiger partial charge >= 0.3 is 0 Å². The van der Waals surface area contributed by atoms with E-state index in [1.165, 1.54) is 42.3 Å². The molecule has 1 fully saturated rings. The molecule has 1 rings (SSSR count).